The van der Waals surface area contributed by atoms with Gasteiger partial charge in [-0.3, -0.25) is 0 Å². The molecule has 1 N–H and O–H groups in total. The molecule has 1 aromatic carbocycles. The SMILES string of the molecule is CNCC1(Cc2ccccc2C)CCOC1C1CC1. The molecule has 0 radical (unpaired) electrons. The van der Waals surface area contributed by atoms with Crippen molar-refractivity contribution < 1.29 is 4.74 Å². The van der Waals surface area contributed by atoms with Crippen molar-refractivity contribution in [2.45, 2.75) is 38.7 Å². The van der Waals surface area contributed by atoms with Crippen molar-refractivity contribution in [1.29, 1.82) is 0 Å². The maximum atomic E-state index is 6.12. The number of hydrogen-bond donors (Lipinski definition) is 1. The monoisotopic (exact) mass is 259 g/mol. The zero-order chi connectivity index (χ0) is 13.3. The lowest BCUT2D eigenvalue weighted by Crippen LogP contribution is -2.42. The molecule has 3 rings (SSSR count). The van der Waals surface area contributed by atoms with Gasteiger partial charge in [0.1, 0.15) is 0 Å². The molecule has 2 nitrogen and oxygen atoms in total. The average molecular weight is 259 g/mol. The molecule has 0 amide bonds. The molecule has 2 unspecified atom stereocenters. The second kappa shape index (κ2) is 5.26. The first-order valence-electron chi connectivity index (χ1n) is 7.56. The second-order valence-electron chi connectivity index (χ2n) is 6.37. The zero-order valence-corrected chi connectivity index (χ0v) is 12.1. The van der Waals surface area contributed by atoms with Gasteiger partial charge in [-0.15, -0.1) is 0 Å². The molecule has 104 valence electrons. The molecule has 1 aliphatic heterocycles. The maximum Gasteiger partial charge on any atom is 0.0675 e. The Labute approximate surface area is 116 Å². The minimum absolute atomic E-state index is 0.308. The molecule has 19 heavy (non-hydrogen) atoms. The van der Waals surface area contributed by atoms with Gasteiger partial charge in [0.15, 0.2) is 0 Å². The van der Waals surface area contributed by atoms with Gasteiger partial charge in [0.2, 0.25) is 0 Å². The first-order valence-corrected chi connectivity index (χ1v) is 7.56. The van der Waals surface area contributed by atoms with Gasteiger partial charge in [-0.25, -0.2) is 0 Å². The predicted octanol–water partition coefficient (Wildman–Crippen LogP) is 2.94. The Morgan fingerprint density at radius 3 is 2.79 bits per heavy atom. The lowest BCUT2D eigenvalue weighted by molar-refractivity contribution is 0.0314. The Kier molecular flexibility index (Phi) is 3.64. The standard InChI is InChI=1S/C17H25NO/c1-13-5-3-4-6-15(13)11-17(12-18-2)9-10-19-16(17)14-7-8-14/h3-6,14,16,18H,7-12H2,1-2H3. The summed E-state index contributed by atoms with van der Waals surface area (Å²) < 4.78 is 6.12. The van der Waals surface area contributed by atoms with Crippen molar-refractivity contribution in [2.24, 2.45) is 11.3 Å². The van der Waals surface area contributed by atoms with Crippen LogP contribution in [-0.2, 0) is 11.2 Å². The van der Waals surface area contributed by atoms with Crippen LogP contribution in [0.3, 0.4) is 0 Å². The molecule has 0 aromatic heterocycles. The highest BCUT2D eigenvalue weighted by Crippen LogP contribution is 2.49. The number of rotatable bonds is 5. The van der Waals surface area contributed by atoms with Crippen LogP contribution in [0.15, 0.2) is 24.3 Å². The topological polar surface area (TPSA) is 21.3 Å². The molecule has 2 atom stereocenters. The molecule has 2 aliphatic rings. The molecule has 1 saturated heterocycles. The highest BCUT2D eigenvalue weighted by atomic mass is 16.5. The number of nitrogens with one attached hydrogen (secondary N) is 1. The number of benzene rings is 1. The predicted molar refractivity (Wildman–Crippen MR) is 78.3 cm³/mol. The highest BCUT2D eigenvalue weighted by molar-refractivity contribution is 5.27. The molecule has 1 saturated carbocycles. The van der Waals surface area contributed by atoms with E-state index < -0.39 is 0 Å². The summed E-state index contributed by atoms with van der Waals surface area (Å²) in [6.45, 7) is 4.24. The third-order valence-electron chi connectivity index (χ3n) is 4.88. The largest absolute Gasteiger partial charge is 0.377 e. The first kappa shape index (κ1) is 13.1. The van der Waals surface area contributed by atoms with Crippen LogP contribution in [0.25, 0.3) is 0 Å². The summed E-state index contributed by atoms with van der Waals surface area (Å²) in [5.74, 6) is 0.819. The van der Waals surface area contributed by atoms with Crippen LogP contribution < -0.4 is 5.32 Å². The van der Waals surface area contributed by atoms with Crippen molar-refractivity contribution in [3.05, 3.63) is 35.4 Å². The normalized spacial score (nSPS) is 30.7. The van der Waals surface area contributed by atoms with E-state index in [0.717, 1.165) is 25.5 Å². The Hall–Kier alpha value is -0.860. The third kappa shape index (κ3) is 2.56. The molecule has 2 heteroatoms. The Morgan fingerprint density at radius 1 is 1.32 bits per heavy atom. The van der Waals surface area contributed by atoms with Gasteiger partial charge in [0.05, 0.1) is 6.10 Å². The third-order valence-corrected chi connectivity index (χ3v) is 4.88. The lowest BCUT2D eigenvalue weighted by atomic mass is 9.73. The van der Waals surface area contributed by atoms with E-state index >= 15 is 0 Å². The van der Waals surface area contributed by atoms with Crippen molar-refractivity contribution in [3.8, 4) is 0 Å². The Bertz CT molecular complexity index is 441. The van der Waals surface area contributed by atoms with Crippen molar-refractivity contribution >= 4 is 0 Å². The molecule has 1 aromatic rings. The summed E-state index contributed by atoms with van der Waals surface area (Å²) in [6.07, 6.45) is 5.55. The van der Waals surface area contributed by atoms with Crippen LogP contribution in [0, 0.1) is 18.3 Å². The van der Waals surface area contributed by atoms with Crippen molar-refractivity contribution in [3.63, 3.8) is 0 Å². The second-order valence-corrected chi connectivity index (χ2v) is 6.37. The zero-order valence-electron chi connectivity index (χ0n) is 12.1. The molecule has 1 heterocycles. The van der Waals surface area contributed by atoms with E-state index in [0.29, 0.717) is 11.5 Å². The summed E-state index contributed by atoms with van der Waals surface area (Å²) in [4.78, 5) is 0. The van der Waals surface area contributed by atoms with Gasteiger partial charge < -0.3 is 10.1 Å². The summed E-state index contributed by atoms with van der Waals surface area (Å²) in [5, 5.41) is 3.42. The summed E-state index contributed by atoms with van der Waals surface area (Å²) in [5.41, 5.74) is 3.22. The van der Waals surface area contributed by atoms with Crippen molar-refractivity contribution in [2.75, 3.05) is 20.2 Å². The van der Waals surface area contributed by atoms with Crippen LogP contribution >= 0.6 is 0 Å². The molecular weight excluding hydrogens is 234 g/mol. The van der Waals surface area contributed by atoms with Gasteiger partial charge in [-0.05, 0) is 56.7 Å². The van der Waals surface area contributed by atoms with E-state index in [1.54, 1.807) is 0 Å². The van der Waals surface area contributed by atoms with Gasteiger partial charge in [-0.2, -0.15) is 0 Å². The van der Waals surface area contributed by atoms with Crippen LogP contribution in [0.2, 0.25) is 0 Å². The lowest BCUT2D eigenvalue weighted by Gasteiger charge is -2.35. The molecule has 2 fully saturated rings. The maximum absolute atomic E-state index is 6.12. The number of hydrogen-bond acceptors (Lipinski definition) is 2. The molecule has 0 spiro atoms. The molecule has 0 bridgehead atoms. The van der Waals surface area contributed by atoms with Crippen LogP contribution in [0.5, 0.6) is 0 Å². The van der Waals surface area contributed by atoms with Gasteiger partial charge in [0.25, 0.3) is 0 Å². The summed E-state index contributed by atoms with van der Waals surface area (Å²) in [6, 6.07) is 8.81. The van der Waals surface area contributed by atoms with E-state index in [2.05, 4.69) is 43.6 Å². The van der Waals surface area contributed by atoms with Crippen molar-refractivity contribution in [1.82, 2.24) is 5.32 Å². The Morgan fingerprint density at radius 2 is 2.11 bits per heavy atom. The van der Waals surface area contributed by atoms with E-state index in [1.807, 2.05) is 0 Å². The van der Waals surface area contributed by atoms with Crippen LogP contribution in [0.4, 0.5) is 0 Å². The van der Waals surface area contributed by atoms with Gasteiger partial charge in [0, 0.05) is 18.6 Å². The number of aryl methyl sites for hydroxylation is 1. The summed E-state index contributed by atoms with van der Waals surface area (Å²) in [7, 11) is 2.07. The van der Waals surface area contributed by atoms with Gasteiger partial charge in [-0.1, -0.05) is 24.3 Å². The first-order chi connectivity index (χ1) is 9.25. The quantitative estimate of drug-likeness (QED) is 0.878. The fraction of sp³-hybridized carbons (Fsp3) is 0.647. The molecule has 1 aliphatic carbocycles. The van der Waals surface area contributed by atoms with Crippen LogP contribution in [-0.4, -0.2) is 26.3 Å². The smallest absolute Gasteiger partial charge is 0.0675 e. The van der Waals surface area contributed by atoms with E-state index in [9.17, 15) is 0 Å². The highest BCUT2D eigenvalue weighted by Gasteiger charge is 2.50. The fourth-order valence-corrected chi connectivity index (χ4v) is 3.72. The van der Waals surface area contributed by atoms with Gasteiger partial charge >= 0.3 is 0 Å². The fourth-order valence-electron chi connectivity index (χ4n) is 3.72. The average Bonchev–Trinajstić information content (AvgIpc) is 3.16. The summed E-state index contributed by atoms with van der Waals surface area (Å²) >= 11 is 0. The number of ether oxygens (including phenoxy) is 1. The van der Waals surface area contributed by atoms with E-state index in [-0.39, 0.29) is 0 Å². The van der Waals surface area contributed by atoms with E-state index in [4.69, 9.17) is 4.74 Å². The Balaban J connectivity index is 1.85. The minimum Gasteiger partial charge on any atom is -0.377 e. The molecular formula is C17H25NO. The van der Waals surface area contributed by atoms with E-state index in [1.165, 1.54) is 30.4 Å². The minimum atomic E-state index is 0.308. The van der Waals surface area contributed by atoms with Crippen LogP contribution in [0.1, 0.15) is 30.4 Å².